The summed E-state index contributed by atoms with van der Waals surface area (Å²) in [6.07, 6.45) is 0.701. The second-order valence-electron chi connectivity index (χ2n) is 4.69. The molecule has 0 spiro atoms. The van der Waals surface area contributed by atoms with Gasteiger partial charge in [-0.05, 0) is 24.1 Å². The van der Waals surface area contributed by atoms with Crippen LogP contribution in [0.15, 0.2) is 48.5 Å². The van der Waals surface area contributed by atoms with Crippen molar-refractivity contribution >= 4 is 11.6 Å². The van der Waals surface area contributed by atoms with Gasteiger partial charge in [0.1, 0.15) is 5.82 Å². The third-order valence-corrected chi connectivity index (χ3v) is 3.38. The summed E-state index contributed by atoms with van der Waals surface area (Å²) < 4.78 is 13.6. The topological polar surface area (TPSA) is 32.3 Å². The minimum atomic E-state index is -0.332. The zero-order valence-corrected chi connectivity index (χ0v) is 11.8. The molecule has 4 heteroatoms. The highest BCUT2D eigenvalue weighted by Gasteiger charge is 2.09. The Hall–Kier alpha value is -1.42. The predicted octanol–water partition coefficient (Wildman–Crippen LogP) is 3.17. The molecular weight excluding hydrogens is 277 g/mol. The highest BCUT2D eigenvalue weighted by molar-refractivity contribution is 6.30. The van der Waals surface area contributed by atoms with Crippen LogP contribution in [0, 0.1) is 5.82 Å². The van der Waals surface area contributed by atoms with Crippen LogP contribution in [-0.2, 0) is 13.0 Å². The van der Waals surface area contributed by atoms with Crippen molar-refractivity contribution in [2.75, 3.05) is 6.61 Å². The number of hydrogen-bond acceptors (Lipinski definition) is 2. The molecule has 20 heavy (non-hydrogen) atoms. The van der Waals surface area contributed by atoms with Crippen molar-refractivity contribution in [1.82, 2.24) is 5.32 Å². The molecular formula is C16H17ClFNO. The molecule has 0 radical (unpaired) electrons. The van der Waals surface area contributed by atoms with Crippen LogP contribution < -0.4 is 5.32 Å². The van der Waals surface area contributed by atoms with Crippen LogP contribution in [0.3, 0.4) is 0 Å². The Balaban J connectivity index is 1.93. The van der Waals surface area contributed by atoms with Crippen LogP contribution in [0.1, 0.15) is 11.1 Å². The fraction of sp³-hybridized carbons (Fsp3) is 0.250. The minimum absolute atomic E-state index is 0.00407. The maximum Gasteiger partial charge on any atom is 0.129 e. The van der Waals surface area contributed by atoms with Crippen LogP contribution in [0.2, 0.25) is 5.02 Å². The van der Waals surface area contributed by atoms with Crippen LogP contribution in [0.5, 0.6) is 0 Å². The number of benzene rings is 2. The first-order valence-corrected chi connectivity index (χ1v) is 6.89. The number of rotatable bonds is 6. The summed E-state index contributed by atoms with van der Waals surface area (Å²) in [5, 5.41) is 12.9. The normalized spacial score (nSPS) is 12.3. The number of halogens is 2. The third kappa shape index (κ3) is 4.30. The molecule has 0 aliphatic heterocycles. The zero-order valence-electron chi connectivity index (χ0n) is 11.0. The average molecular weight is 294 g/mol. The molecule has 0 saturated heterocycles. The lowest BCUT2D eigenvalue weighted by Crippen LogP contribution is -2.34. The first-order valence-electron chi connectivity index (χ1n) is 6.51. The van der Waals surface area contributed by atoms with Gasteiger partial charge in [-0.3, -0.25) is 0 Å². The van der Waals surface area contributed by atoms with Crippen molar-refractivity contribution in [2.24, 2.45) is 0 Å². The third-order valence-electron chi connectivity index (χ3n) is 3.14. The van der Waals surface area contributed by atoms with Gasteiger partial charge in [0, 0.05) is 23.2 Å². The van der Waals surface area contributed by atoms with Gasteiger partial charge in [0.25, 0.3) is 0 Å². The van der Waals surface area contributed by atoms with Crippen LogP contribution in [0.4, 0.5) is 4.39 Å². The van der Waals surface area contributed by atoms with E-state index < -0.39 is 0 Å². The van der Waals surface area contributed by atoms with Crippen molar-refractivity contribution < 1.29 is 9.50 Å². The maximum absolute atomic E-state index is 13.6. The molecule has 0 saturated carbocycles. The molecule has 2 aromatic carbocycles. The molecule has 1 unspecified atom stereocenters. The van der Waals surface area contributed by atoms with Crippen molar-refractivity contribution in [3.05, 3.63) is 70.5 Å². The van der Waals surface area contributed by atoms with Gasteiger partial charge in [-0.15, -0.1) is 0 Å². The Bertz CT molecular complexity index is 547. The van der Waals surface area contributed by atoms with Gasteiger partial charge in [0.05, 0.1) is 6.61 Å². The van der Waals surface area contributed by atoms with E-state index in [0.717, 1.165) is 5.56 Å². The molecule has 2 nitrogen and oxygen atoms in total. The molecule has 0 amide bonds. The van der Waals surface area contributed by atoms with E-state index in [1.54, 1.807) is 12.1 Å². The lowest BCUT2D eigenvalue weighted by molar-refractivity contribution is 0.240. The van der Waals surface area contributed by atoms with Crippen molar-refractivity contribution in [1.29, 1.82) is 0 Å². The Morgan fingerprint density at radius 2 is 1.90 bits per heavy atom. The Morgan fingerprint density at radius 3 is 2.55 bits per heavy atom. The lowest BCUT2D eigenvalue weighted by atomic mass is 10.1. The summed E-state index contributed by atoms with van der Waals surface area (Å²) in [6.45, 7) is 0.366. The Labute approximate surface area is 123 Å². The average Bonchev–Trinajstić information content (AvgIpc) is 2.46. The number of hydrogen-bond donors (Lipinski definition) is 2. The van der Waals surface area contributed by atoms with E-state index in [1.165, 1.54) is 6.07 Å². The van der Waals surface area contributed by atoms with Gasteiger partial charge < -0.3 is 10.4 Å². The van der Waals surface area contributed by atoms with Gasteiger partial charge >= 0.3 is 0 Å². The van der Waals surface area contributed by atoms with E-state index in [2.05, 4.69) is 5.32 Å². The molecule has 0 aromatic heterocycles. The highest BCUT2D eigenvalue weighted by atomic mass is 35.5. The molecule has 0 aliphatic rings. The van der Waals surface area contributed by atoms with Crippen molar-refractivity contribution in [2.45, 2.75) is 19.0 Å². The summed E-state index contributed by atoms with van der Waals surface area (Å²) >= 11 is 5.71. The van der Waals surface area contributed by atoms with Gasteiger partial charge in [-0.2, -0.15) is 0 Å². The van der Waals surface area contributed by atoms with Gasteiger partial charge in [-0.25, -0.2) is 4.39 Å². The quantitative estimate of drug-likeness (QED) is 0.857. The molecule has 0 heterocycles. The van der Waals surface area contributed by atoms with Crippen LogP contribution in [-0.4, -0.2) is 17.8 Å². The minimum Gasteiger partial charge on any atom is -0.395 e. The number of nitrogens with one attached hydrogen (secondary N) is 1. The van der Waals surface area contributed by atoms with Crippen molar-refractivity contribution in [3.8, 4) is 0 Å². The maximum atomic E-state index is 13.6. The fourth-order valence-corrected chi connectivity index (χ4v) is 2.18. The van der Waals surface area contributed by atoms with Crippen molar-refractivity contribution in [3.63, 3.8) is 0 Å². The highest BCUT2D eigenvalue weighted by Crippen LogP contribution is 2.14. The summed E-state index contributed by atoms with van der Waals surface area (Å²) in [4.78, 5) is 0. The first kappa shape index (κ1) is 15.0. The van der Waals surface area contributed by atoms with Crippen LogP contribution >= 0.6 is 11.6 Å². The summed E-state index contributed by atoms with van der Waals surface area (Å²) in [7, 11) is 0. The van der Waals surface area contributed by atoms with E-state index >= 15 is 0 Å². The Morgan fingerprint density at radius 1 is 1.15 bits per heavy atom. The fourth-order valence-electron chi connectivity index (χ4n) is 2.02. The molecule has 2 aromatic rings. The van der Waals surface area contributed by atoms with E-state index in [1.807, 2.05) is 30.3 Å². The monoisotopic (exact) mass is 293 g/mol. The number of aliphatic hydroxyl groups is 1. The van der Waals surface area contributed by atoms with Crippen LogP contribution in [0.25, 0.3) is 0 Å². The first-order chi connectivity index (χ1) is 9.69. The van der Waals surface area contributed by atoms with Gasteiger partial charge in [0.2, 0.25) is 0 Å². The smallest absolute Gasteiger partial charge is 0.129 e. The lowest BCUT2D eigenvalue weighted by Gasteiger charge is -2.16. The molecule has 2 N–H and O–H groups in total. The second kappa shape index (κ2) is 7.39. The summed E-state index contributed by atoms with van der Waals surface area (Å²) in [5.74, 6) is -0.332. The Kier molecular flexibility index (Phi) is 5.53. The van der Waals surface area contributed by atoms with E-state index in [4.69, 9.17) is 11.6 Å². The standard InChI is InChI=1S/C16H17ClFNO/c17-14-7-6-13(16(18)9-14)10-19-15(11-20)8-12-4-2-1-3-5-12/h1-7,9,15,19-20H,8,10-11H2. The molecule has 0 aliphatic carbocycles. The molecule has 0 fully saturated rings. The summed E-state index contributed by atoms with van der Waals surface area (Å²) in [6, 6.07) is 14.4. The molecule has 1 atom stereocenters. The van der Waals surface area contributed by atoms with Gasteiger partial charge in [0.15, 0.2) is 0 Å². The van der Waals surface area contributed by atoms with E-state index in [9.17, 15) is 9.50 Å². The largest absolute Gasteiger partial charge is 0.395 e. The van der Waals surface area contributed by atoms with Gasteiger partial charge in [-0.1, -0.05) is 48.0 Å². The SMILES string of the molecule is OCC(Cc1ccccc1)NCc1ccc(Cl)cc1F. The van der Waals surface area contributed by atoms with E-state index in [-0.39, 0.29) is 18.5 Å². The molecule has 0 bridgehead atoms. The molecule has 2 rings (SSSR count). The predicted molar refractivity (Wildman–Crippen MR) is 79.3 cm³/mol. The number of aliphatic hydroxyl groups excluding tert-OH is 1. The summed E-state index contributed by atoms with van der Waals surface area (Å²) in [5.41, 5.74) is 1.68. The zero-order chi connectivity index (χ0) is 14.4. The molecule has 106 valence electrons. The second-order valence-corrected chi connectivity index (χ2v) is 5.12. The van der Waals surface area contributed by atoms with E-state index in [0.29, 0.717) is 23.6 Å².